The van der Waals surface area contributed by atoms with Crippen molar-refractivity contribution in [2.24, 2.45) is 0 Å². The highest BCUT2D eigenvalue weighted by Crippen LogP contribution is 2.31. The van der Waals surface area contributed by atoms with Gasteiger partial charge in [-0.15, -0.1) is 0 Å². The van der Waals surface area contributed by atoms with Crippen molar-refractivity contribution < 1.29 is 4.42 Å². The van der Waals surface area contributed by atoms with Gasteiger partial charge in [-0.25, -0.2) is 0 Å². The third-order valence-corrected chi connectivity index (χ3v) is 3.86. The van der Waals surface area contributed by atoms with Gasteiger partial charge in [0.25, 0.3) is 0 Å². The second-order valence-corrected chi connectivity index (χ2v) is 6.83. The lowest BCUT2D eigenvalue weighted by Crippen LogP contribution is -2.14. The molecule has 0 aliphatic heterocycles. The number of hydrogen-bond donors (Lipinski definition) is 1. The van der Waals surface area contributed by atoms with Crippen molar-refractivity contribution in [1.29, 1.82) is 0 Å². The van der Waals surface area contributed by atoms with E-state index in [2.05, 4.69) is 51.2 Å². The van der Waals surface area contributed by atoms with Gasteiger partial charge in [0, 0.05) is 11.4 Å². The Hall–Kier alpha value is -1.28. The topological polar surface area (TPSA) is 25.2 Å². The average Bonchev–Trinajstić information content (AvgIpc) is 3.04. The lowest BCUT2D eigenvalue weighted by molar-refractivity contribution is 0.511. The molecule has 1 saturated carbocycles. The molecule has 19 heavy (non-hydrogen) atoms. The average molecular weight is 257 g/mol. The predicted octanol–water partition coefficient (Wildman–Crippen LogP) is 4.29. The van der Waals surface area contributed by atoms with Gasteiger partial charge in [0.15, 0.2) is 0 Å². The molecule has 0 spiro atoms. The van der Waals surface area contributed by atoms with Crippen LogP contribution in [0, 0.1) is 6.92 Å². The second kappa shape index (κ2) is 4.38. The molecule has 0 radical (unpaired) electrons. The van der Waals surface area contributed by atoms with Crippen LogP contribution in [0.2, 0.25) is 0 Å². The number of aryl methyl sites for hydroxylation is 1. The normalized spacial score (nSPS) is 16.2. The summed E-state index contributed by atoms with van der Waals surface area (Å²) < 4.78 is 5.98. The molecule has 102 valence electrons. The summed E-state index contributed by atoms with van der Waals surface area (Å²) in [6.45, 7) is 9.75. The molecule has 1 aliphatic carbocycles. The molecule has 1 aromatic carbocycles. The van der Waals surface area contributed by atoms with Crippen molar-refractivity contribution in [3.05, 3.63) is 35.1 Å². The molecule has 1 fully saturated rings. The van der Waals surface area contributed by atoms with Gasteiger partial charge in [-0.2, -0.15) is 0 Å². The first-order chi connectivity index (χ1) is 8.93. The Balaban J connectivity index is 1.94. The lowest BCUT2D eigenvalue weighted by Gasteiger charge is -2.19. The highest BCUT2D eigenvalue weighted by molar-refractivity contribution is 5.82. The highest BCUT2D eigenvalue weighted by atomic mass is 16.3. The second-order valence-electron chi connectivity index (χ2n) is 6.83. The van der Waals surface area contributed by atoms with E-state index in [0.717, 1.165) is 23.9 Å². The van der Waals surface area contributed by atoms with E-state index in [1.165, 1.54) is 29.4 Å². The zero-order valence-electron chi connectivity index (χ0n) is 12.3. The molecule has 2 nitrogen and oxygen atoms in total. The highest BCUT2D eigenvalue weighted by Gasteiger charge is 2.21. The smallest absolute Gasteiger partial charge is 0.137 e. The Morgan fingerprint density at radius 2 is 1.95 bits per heavy atom. The number of rotatable bonds is 3. The number of hydrogen-bond acceptors (Lipinski definition) is 2. The number of fused-ring (bicyclic) bond motifs is 1. The van der Waals surface area contributed by atoms with Crippen LogP contribution in [0.4, 0.5) is 0 Å². The van der Waals surface area contributed by atoms with Crippen molar-refractivity contribution in [3.8, 4) is 0 Å². The fourth-order valence-corrected chi connectivity index (χ4v) is 2.43. The van der Waals surface area contributed by atoms with E-state index in [1.807, 2.05) is 0 Å². The molecule has 0 saturated heterocycles. The molecule has 3 rings (SSSR count). The summed E-state index contributed by atoms with van der Waals surface area (Å²) in [5, 5.41) is 4.74. The SMILES string of the molecule is Cc1cc(C(C)(C)C)cc2cc(CNC3CC3)oc12. The molecule has 0 atom stereocenters. The van der Waals surface area contributed by atoms with Crippen LogP contribution in [-0.4, -0.2) is 6.04 Å². The molecule has 0 amide bonds. The Kier molecular flexibility index (Phi) is 2.94. The van der Waals surface area contributed by atoms with E-state index in [9.17, 15) is 0 Å². The van der Waals surface area contributed by atoms with E-state index >= 15 is 0 Å². The van der Waals surface area contributed by atoms with E-state index in [-0.39, 0.29) is 5.41 Å². The summed E-state index contributed by atoms with van der Waals surface area (Å²) in [5.74, 6) is 1.05. The Bertz CT molecular complexity index is 599. The summed E-state index contributed by atoms with van der Waals surface area (Å²) in [4.78, 5) is 0. The first kappa shape index (κ1) is 12.7. The van der Waals surface area contributed by atoms with Crippen LogP contribution in [0.25, 0.3) is 11.0 Å². The van der Waals surface area contributed by atoms with Crippen molar-refractivity contribution in [3.63, 3.8) is 0 Å². The largest absolute Gasteiger partial charge is 0.459 e. The summed E-state index contributed by atoms with van der Waals surface area (Å²) in [6.07, 6.45) is 2.63. The van der Waals surface area contributed by atoms with Crippen LogP contribution >= 0.6 is 0 Å². The van der Waals surface area contributed by atoms with Gasteiger partial charge in [0.05, 0.1) is 6.54 Å². The Morgan fingerprint density at radius 1 is 1.21 bits per heavy atom. The van der Waals surface area contributed by atoms with Crippen LogP contribution in [0.3, 0.4) is 0 Å². The minimum Gasteiger partial charge on any atom is -0.459 e. The molecule has 0 unspecified atom stereocenters. The zero-order valence-corrected chi connectivity index (χ0v) is 12.3. The molecule has 2 aromatic rings. The van der Waals surface area contributed by atoms with Gasteiger partial charge in [-0.3, -0.25) is 0 Å². The summed E-state index contributed by atoms with van der Waals surface area (Å²) in [7, 11) is 0. The van der Waals surface area contributed by atoms with Crippen LogP contribution in [-0.2, 0) is 12.0 Å². The quantitative estimate of drug-likeness (QED) is 0.887. The maximum atomic E-state index is 5.98. The number of furan rings is 1. The fourth-order valence-electron chi connectivity index (χ4n) is 2.43. The van der Waals surface area contributed by atoms with E-state index in [4.69, 9.17) is 4.42 Å². The summed E-state index contributed by atoms with van der Waals surface area (Å²) >= 11 is 0. The maximum absolute atomic E-state index is 5.98. The number of nitrogens with one attached hydrogen (secondary N) is 1. The van der Waals surface area contributed by atoms with Crippen LogP contribution in [0.15, 0.2) is 22.6 Å². The lowest BCUT2D eigenvalue weighted by atomic mass is 9.85. The predicted molar refractivity (Wildman–Crippen MR) is 79.5 cm³/mol. The third-order valence-electron chi connectivity index (χ3n) is 3.86. The van der Waals surface area contributed by atoms with Gasteiger partial charge in [0.1, 0.15) is 11.3 Å². The standard InChI is InChI=1S/C17H23NO/c1-11-7-13(17(2,3)4)8-12-9-15(19-16(11)12)10-18-14-5-6-14/h7-9,14,18H,5-6,10H2,1-4H3. The Morgan fingerprint density at radius 3 is 2.58 bits per heavy atom. The van der Waals surface area contributed by atoms with Crippen LogP contribution in [0.1, 0.15) is 50.5 Å². The van der Waals surface area contributed by atoms with Crippen LogP contribution < -0.4 is 5.32 Å². The summed E-state index contributed by atoms with van der Waals surface area (Å²) in [6, 6.07) is 7.43. The summed E-state index contributed by atoms with van der Waals surface area (Å²) in [5.41, 5.74) is 3.84. The van der Waals surface area contributed by atoms with E-state index < -0.39 is 0 Å². The molecule has 1 aromatic heterocycles. The maximum Gasteiger partial charge on any atom is 0.137 e. The molecule has 0 bridgehead atoms. The first-order valence-electron chi connectivity index (χ1n) is 7.20. The molecule has 2 heteroatoms. The minimum atomic E-state index is 0.183. The van der Waals surface area contributed by atoms with Gasteiger partial charge < -0.3 is 9.73 Å². The van der Waals surface area contributed by atoms with Gasteiger partial charge in [-0.05, 0) is 48.4 Å². The molecule has 1 heterocycles. The fraction of sp³-hybridized carbons (Fsp3) is 0.529. The van der Waals surface area contributed by atoms with Crippen molar-refractivity contribution >= 4 is 11.0 Å². The van der Waals surface area contributed by atoms with Gasteiger partial charge in [-0.1, -0.05) is 26.8 Å². The van der Waals surface area contributed by atoms with Gasteiger partial charge >= 0.3 is 0 Å². The first-order valence-corrected chi connectivity index (χ1v) is 7.20. The van der Waals surface area contributed by atoms with Crippen molar-refractivity contribution in [1.82, 2.24) is 5.32 Å². The minimum absolute atomic E-state index is 0.183. The van der Waals surface area contributed by atoms with Gasteiger partial charge in [0.2, 0.25) is 0 Å². The molecular weight excluding hydrogens is 234 g/mol. The van der Waals surface area contributed by atoms with E-state index in [1.54, 1.807) is 0 Å². The van der Waals surface area contributed by atoms with E-state index in [0.29, 0.717) is 0 Å². The number of benzene rings is 1. The molecule has 1 aliphatic rings. The van der Waals surface area contributed by atoms with Crippen molar-refractivity contribution in [2.75, 3.05) is 0 Å². The Labute approximate surface area is 115 Å². The third kappa shape index (κ3) is 2.69. The molecular formula is C17H23NO. The van der Waals surface area contributed by atoms with Crippen LogP contribution in [0.5, 0.6) is 0 Å². The monoisotopic (exact) mass is 257 g/mol. The zero-order chi connectivity index (χ0) is 13.6. The molecule has 1 N–H and O–H groups in total. The van der Waals surface area contributed by atoms with Crippen molar-refractivity contribution in [2.45, 2.75) is 58.5 Å².